The maximum absolute atomic E-state index is 13.3. The van der Waals surface area contributed by atoms with Crippen LogP contribution in [0.15, 0.2) is 36.7 Å². The van der Waals surface area contributed by atoms with E-state index < -0.39 is 0 Å². The van der Waals surface area contributed by atoms with Gasteiger partial charge in [0, 0.05) is 31.9 Å². The van der Waals surface area contributed by atoms with Crippen molar-refractivity contribution in [2.24, 2.45) is 12.5 Å². The topological polar surface area (TPSA) is 50.2 Å². The Bertz CT molecular complexity index is 738. The molecule has 1 unspecified atom stereocenters. The number of hydrogen-bond acceptors (Lipinski definition) is 2. The standard InChI is InChI=1S/C19H25FN4O/c1-19(2)9-4-10-24(13-19)18(25)22-17(15-11-21-23(3)12-15)14-5-7-16(20)8-6-14/h5-8,11-12,17H,4,9-10,13H2,1-3H3,(H,22,25). The summed E-state index contributed by atoms with van der Waals surface area (Å²) in [5.41, 5.74) is 1.84. The minimum Gasteiger partial charge on any atom is -0.327 e. The van der Waals surface area contributed by atoms with Crippen molar-refractivity contribution in [1.29, 1.82) is 0 Å². The Kier molecular flexibility index (Phi) is 4.79. The number of piperidine rings is 1. The third-order valence-corrected chi connectivity index (χ3v) is 4.72. The van der Waals surface area contributed by atoms with Gasteiger partial charge in [0.2, 0.25) is 0 Å². The maximum Gasteiger partial charge on any atom is 0.318 e. The molecule has 0 spiro atoms. The van der Waals surface area contributed by atoms with E-state index in [0.29, 0.717) is 0 Å². The van der Waals surface area contributed by atoms with Gasteiger partial charge in [-0.3, -0.25) is 4.68 Å². The van der Waals surface area contributed by atoms with Gasteiger partial charge in [0.1, 0.15) is 5.82 Å². The molecule has 2 aromatic rings. The predicted molar refractivity (Wildman–Crippen MR) is 94.6 cm³/mol. The second-order valence-electron chi connectivity index (χ2n) is 7.57. The molecule has 0 saturated carbocycles. The Hall–Kier alpha value is -2.37. The van der Waals surface area contributed by atoms with Crippen LogP contribution < -0.4 is 5.32 Å². The summed E-state index contributed by atoms with van der Waals surface area (Å²) in [7, 11) is 1.83. The Balaban J connectivity index is 1.82. The predicted octanol–water partition coefficient (Wildman–Crippen LogP) is 3.48. The lowest BCUT2D eigenvalue weighted by Crippen LogP contribution is -2.49. The SMILES string of the molecule is Cn1cc(C(NC(=O)N2CCCC(C)(C)C2)c2ccc(F)cc2)cn1. The minimum absolute atomic E-state index is 0.0917. The van der Waals surface area contributed by atoms with Crippen LogP contribution in [0.3, 0.4) is 0 Å². The summed E-state index contributed by atoms with van der Waals surface area (Å²) in [6.07, 6.45) is 5.73. The van der Waals surface area contributed by atoms with Gasteiger partial charge in [0.25, 0.3) is 0 Å². The molecule has 5 nitrogen and oxygen atoms in total. The summed E-state index contributed by atoms with van der Waals surface area (Å²) in [6.45, 7) is 5.87. The smallest absolute Gasteiger partial charge is 0.318 e. The van der Waals surface area contributed by atoms with E-state index in [0.717, 1.165) is 37.1 Å². The third-order valence-electron chi connectivity index (χ3n) is 4.72. The highest BCUT2D eigenvalue weighted by Crippen LogP contribution is 2.29. The van der Waals surface area contributed by atoms with Crippen molar-refractivity contribution < 1.29 is 9.18 Å². The number of hydrogen-bond donors (Lipinski definition) is 1. The Morgan fingerprint density at radius 1 is 1.28 bits per heavy atom. The molecule has 1 fully saturated rings. The van der Waals surface area contributed by atoms with Crippen molar-refractivity contribution in [2.75, 3.05) is 13.1 Å². The van der Waals surface area contributed by atoms with Crippen LogP contribution in [0.1, 0.15) is 43.9 Å². The van der Waals surface area contributed by atoms with Gasteiger partial charge >= 0.3 is 6.03 Å². The van der Waals surface area contributed by atoms with Crippen molar-refractivity contribution in [3.8, 4) is 0 Å². The quantitative estimate of drug-likeness (QED) is 0.927. The van der Waals surface area contributed by atoms with Gasteiger partial charge in [-0.05, 0) is 36.0 Å². The summed E-state index contributed by atoms with van der Waals surface area (Å²) < 4.78 is 15.0. The molecule has 1 N–H and O–H groups in total. The third kappa shape index (κ3) is 4.18. The fourth-order valence-corrected chi connectivity index (χ4v) is 3.41. The number of halogens is 1. The first-order valence-corrected chi connectivity index (χ1v) is 8.63. The summed E-state index contributed by atoms with van der Waals surface area (Å²) in [5, 5.41) is 7.30. The van der Waals surface area contributed by atoms with Crippen molar-refractivity contribution in [1.82, 2.24) is 20.0 Å². The monoisotopic (exact) mass is 344 g/mol. The average Bonchev–Trinajstić information content (AvgIpc) is 2.98. The van der Waals surface area contributed by atoms with Gasteiger partial charge in [0.15, 0.2) is 0 Å². The largest absolute Gasteiger partial charge is 0.327 e. The molecule has 1 aliphatic heterocycles. The number of nitrogens with zero attached hydrogens (tertiary/aromatic N) is 3. The zero-order valence-corrected chi connectivity index (χ0v) is 15.0. The van der Waals surface area contributed by atoms with Crippen molar-refractivity contribution >= 4 is 6.03 Å². The maximum atomic E-state index is 13.3. The number of aromatic nitrogens is 2. The molecule has 25 heavy (non-hydrogen) atoms. The van der Waals surface area contributed by atoms with Crippen LogP contribution in [-0.4, -0.2) is 33.8 Å². The van der Waals surface area contributed by atoms with Crippen molar-refractivity contribution in [3.05, 3.63) is 53.6 Å². The van der Waals surface area contributed by atoms with Crippen LogP contribution in [0.25, 0.3) is 0 Å². The van der Waals surface area contributed by atoms with E-state index in [-0.39, 0.29) is 23.3 Å². The van der Waals surface area contributed by atoms with Crippen LogP contribution in [0.4, 0.5) is 9.18 Å². The van der Waals surface area contributed by atoms with E-state index in [2.05, 4.69) is 24.3 Å². The molecule has 0 aliphatic carbocycles. The van der Waals surface area contributed by atoms with Gasteiger partial charge in [-0.2, -0.15) is 5.10 Å². The minimum atomic E-state index is -0.355. The fraction of sp³-hybridized carbons (Fsp3) is 0.474. The number of aryl methyl sites for hydroxylation is 1. The Morgan fingerprint density at radius 3 is 2.60 bits per heavy atom. The number of carbonyl (C=O) groups is 1. The van der Waals surface area contributed by atoms with E-state index in [9.17, 15) is 9.18 Å². The molecule has 1 aromatic heterocycles. The van der Waals surface area contributed by atoms with E-state index in [1.54, 1.807) is 23.0 Å². The van der Waals surface area contributed by atoms with E-state index in [4.69, 9.17) is 0 Å². The zero-order valence-electron chi connectivity index (χ0n) is 15.0. The molecule has 6 heteroatoms. The summed E-state index contributed by atoms with van der Waals surface area (Å²) in [6, 6.07) is 5.78. The van der Waals surface area contributed by atoms with Crippen LogP contribution in [-0.2, 0) is 7.05 Å². The first-order valence-electron chi connectivity index (χ1n) is 8.63. The molecule has 0 bridgehead atoms. The number of nitrogens with one attached hydrogen (secondary N) is 1. The molecule has 0 radical (unpaired) electrons. The highest BCUT2D eigenvalue weighted by molar-refractivity contribution is 5.75. The number of amides is 2. The summed E-state index contributed by atoms with van der Waals surface area (Å²) in [5.74, 6) is -0.294. The van der Waals surface area contributed by atoms with Gasteiger partial charge in [-0.15, -0.1) is 0 Å². The zero-order chi connectivity index (χ0) is 18.0. The van der Waals surface area contributed by atoms with Crippen molar-refractivity contribution in [2.45, 2.75) is 32.7 Å². The summed E-state index contributed by atoms with van der Waals surface area (Å²) >= 11 is 0. The second kappa shape index (κ2) is 6.86. The molecule has 1 saturated heterocycles. The molecule has 1 aliphatic rings. The van der Waals surface area contributed by atoms with Gasteiger partial charge in [0.05, 0.1) is 12.2 Å². The first kappa shape index (κ1) is 17.5. The van der Waals surface area contributed by atoms with E-state index in [1.807, 2.05) is 18.1 Å². The molecule has 2 amide bonds. The fourth-order valence-electron chi connectivity index (χ4n) is 3.41. The molecule has 2 heterocycles. The van der Waals surface area contributed by atoms with E-state index in [1.165, 1.54) is 12.1 Å². The molecule has 1 atom stereocenters. The summed E-state index contributed by atoms with van der Waals surface area (Å²) in [4.78, 5) is 14.7. The lowest BCUT2D eigenvalue weighted by Gasteiger charge is -2.38. The second-order valence-corrected chi connectivity index (χ2v) is 7.57. The average molecular weight is 344 g/mol. The molecule has 3 rings (SSSR count). The number of likely N-dealkylation sites (tertiary alicyclic amines) is 1. The molecule has 134 valence electrons. The highest BCUT2D eigenvalue weighted by Gasteiger charge is 2.30. The molecule has 1 aromatic carbocycles. The number of rotatable bonds is 3. The molecular formula is C19H25FN4O. The lowest BCUT2D eigenvalue weighted by molar-refractivity contribution is 0.128. The van der Waals surface area contributed by atoms with Gasteiger partial charge < -0.3 is 10.2 Å². The molecular weight excluding hydrogens is 319 g/mol. The highest BCUT2D eigenvalue weighted by atomic mass is 19.1. The number of urea groups is 1. The first-order chi connectivity index (χ1) is 11.8. The van der Waals surface area contributed by atoms with Gasteiger partial charge in [-0.25, -0.2) is 9.18 Å². The normalized spacial score (nSPS) is 18.0. The lowest BCUT2D eigenvalue weighted by atomic mass is 9.84. The van der Waals surface area contributed by atoms with Crippen LogP contribution in [0.2, 0.25) is 0 Å². The Labute approximate surface area is 147 Å². The number of carbonyl (C=O) groups excluding carboxylic acids is 1. The van der Waals surface area contributed by atoms with Crippen LogP contribution >= 0.6 is 0 Å². The Morgan fingerprint density at radius 2 is 2.00 bits per heavy atom. The van der Waals surface area contributed by atoms with Crippen LogP contribution in [0, 0.1) is 11.2 Å². The van der Waals surface area contributed by atoms with Crippen LogP contribution in [0.5, 0.6) is 0 Å². The number of benzene rings is 1. The van der Waals surface area contributed by atoms with Crippen molar-refractivity contribution in [3.63, 3.8) is 0 Å². The van der Waals surface area contributed by atoms with E-state index >= 15 is 0 Å². The van der Waals surface area contributed by atoms with Gasteiger partial charge in [-0.1, -0.05) is 26.0 Å².